The van der Waals surface area contributed by atoms with Crippen molar-refractivity contribution in [3.8, 4) is 11.5 Å². The number of thioether (sulfide) groups is 1. The largest absolute Gasteiger partial charge is 0.493 e. The van der Waals surface area contributed by atoms with Gasteiger partial charge < -0.3 is 19.5 Å². The third-order valence-electron chi connectivity index (χ3n) is 6.77. The van der Waals surface area contributed by atoms with Crippen LogP contribution in [0.4, 0.5) is 0 Å². The minimum Gasteiger partial charge on any atom is -0.493 e. The van der Waals surface area contributed by atoms with Crippen molar-refractivity contribution in [2.45, 2.75) is 38.5 Å². The molecule has 0 radical (unpaired) electrons. The minimum atomic E-state index is -0.542. The summed E-state index contributed by atoms with van der Waals surface area (Å²) in [6.45, 7) is 4.25. The van der Waals surface area contributed by atoms with Crippen LogP contribution < -0.4 is 14.8 Å². The molecule has 1 aliphatic carbocycles. The number of methoxy groups -OCH3 is 2. The fraction of sp³-hybridized carbons (Fsp3) is 0.379. The number of rotatable bonds is 9. The predicted molar refractivity (Wildman–Crippen MR) is 148 cm³/mol. The standard InChI is InChI=1S/C29H32ClNO5S/c1-5-37-12-11-36-29(33)26-17(2)31-22-14-20(18-9-10-24(34-3)25(16-18)35-4)15-23(32)28(22)27(26)19-7-6-8-21(30)13-19/h6-10,13,16,20,27,31H,5,11-12,14-15H2,1-4H3/t20-,27-/m0/s1. The molecular weight excluding hydrogens is 510 g/mol. The van der Waals surface area contributed by atoms with Crippen molar-refractivity contribution >= 4 is 35.1 Å². The summed E-state index contributed by atoms with van der Waals surface area (Å²) in [5.74, 6) is 1.96. The van der Waals surface area contributed by atoms with Gasteiger partial charge in [0.2, 0.25) is 0 Å². The van der Waals surface area contributed by atoms with Crippen molar-refractivity contribution in [1.29, 1.82) is 0 Å². The first-order chi connectivity index (χ1) is 17.9. The van der Waals surface area contributed by atoms with Gasteiger partial charge in [-0.3, -0.25) is 4.79 Å². The lowest BCUT2D eigenvalue weighted by Gasteiger charge is -2.36. The quantitative estimate of drug-likeness (QED) is 0.307. The second kappa shape index (κ2) is 12.1. The van der Waals surface area contributed by atoms with Crippen LogP contribution in [-0.2, 0) is 14.3 Å². The molecule has 196 valence electrons. The van der Waals surface area contributed by atoms with Gasteiger partial charge in [-0.05, 0) is 60.4 Å². The van der Waals surface area contributed by atoms with Gasteiger partial charge in [-0.25, -0.2) is 4.79 Å². The molecule has 0 amide bonds. The van der Waals surface area contributed by atoms with Gasteiger partial charge in [0.05, 0.1) is 19.8 Å². The molecule has 0 unspecified atom stereocenters. The molecular formula is C29H32ClNO5S. The molecule has 2 atom stereocenters. The highest BCUT2D eigenvalue weighted by Gasteiger charge is 2.41. The zero-order valence-corrected chi connectivity index (χ0v) is 23.1. The molecule has 2 aromatic carbocycles. The van der Waals surface area contributed by atoms with E-state index >= 15 is 0 Å². The van der Waals surface area contributed by atoms with Crippen LogP contribution in [0, 0.1) is 0 Å². The van der Waals surface area contributed by atoms with E-state index in [0.717, 1.165) is 28.3 Å². The number of ether oxygens (including phenoxy) is 3. The molecule has 1 heterocycles. The van der Waals surface area contributed by atoms with Gasteiger partial charge in [-0.2, -0.15) is 11.8 Å². The Morgan fingerprint density at radius 2 is 1.86 bits per heavy atom. The molecule has 1 N–H and O–H groups in total. The number of dihydropyridines is 1. The first-order valence-corrected chi connectivity index (χ1v) is 13.9. The van der Waals surface area contributed by atoms with Crippen LogP contribution in [0.3, 0.4) is 0 Å². The van der Waals surface area contributed by atoms with Crippen LogP contribution in [0.25, 0.3) is 0 Å². The number of allylic oxidation sites excluding steroid dienone is 3. The summed E-state index contributed by atoms with van der Waals surface area (Å²) < 4.78 is 16.5. The van der Waals surface area contributed by atoms with Gasteiger partial charge in [0.1, 0.15) is 6.61 Å². The Morgan fingerprint density at radius 3 is 2.57 bits per heavy atom. The lowest BCUT2D eigenvalue weighted by Crippen LogP contribution is -2.36. The van der Waals surface area contributed by atoms with Crippen molar-refractivity contribution < 1.29 is 23.8 Å². The minimum absolute atomic E-state index is 0.00199. The summed E-state index contributed by atoms with van der Waals surface area (Å²) in [4.78, 5) is 27.1. The van der Waals surface area contributed by atoms with Gasteiger partial charge in [0, 0.05) is 40.1 Å². The van der Waals surface area contributed by atoms with E-state index in [2.05, 4.69) is 12.2 Å². The maximum Gasteiger partial charge on any atom is 0.336 e. The van der Waals surface area contributed by atoms with E-state index in [4.69, 9.17) is 25.8 Å². The molecule has 0 saturated carbocycles. The van der Waals surface area contributed by atoms with E-state index in [9.17, 15) is 9.59 Å². The van der Waals surface area contributed by atoms with Crippen LogP contribution in [0.1, 0.15) is 49.7 Å². The summed E-state index contributed by atoms with van der Waals surface area (Å²) in [7, 11) is 3.20. The summed E-state index contributed by atoms with van der Waals surface area (Å²) in [6, 6.07) is 13.1. The number of ketones is 1. The van der Waals surface area contributed by atoms with Crippen molar-refractivity contribution in [3.05, 3.63) is 81.2 Å². The molecule has 0 fully saturated rings. The van der Waals surface area contributed by atoms with Crippen molar-refractivity contribution in [2.75, 3.05) is 32.3 Å². The smallest absolute Gasteiger partial charge is 0.336 e. The number of carbonyl (C=O) groups is 2. The van der Waals surface area contributed by atoms with Crippen molar-refractivity contribution in [2.24, 2.45) is 0 Å². The topological polar surface area (TPSA) is 73.9 Å². The fourth-order valence-corrected chi connectivity index (χ4v) is 5.78. The van der Waals surface area contributed by atoms with E-state index in [1.807, 2.05) is 43.3 Å². The van der Waals surface area contributed by atoms with Gasteiger partial charge in [-0.15, -0.1) is 0 Å². The van der Waals surface area contributed by atoms with Crippen molar-refractivity contribution in [1.82, 2.24) is 5.32 Å². The Labute approximate surface area is 227 Å². The third-order valence-corrected chi connectivity index (χ3v) is 7.87. The van der Waals surface area contributed by atoms with Gasteiger partial charge >= 0.3 is 5.97 Å². The maximum atomic E-state index is 13.8. The Hall–Kier alpha value is -2.90. The maximum absolute atomic E-state index is 13.8. The highest BCUT2D eigenvalue weighted by molar-refractivity contribution is 7.99. The van der Waals surface area contributed by atoms with Gasteiger partial charge in [-0.1, -0.05) is 36.7 Å². The van der Waals surface area contributed by atoms with E-state index in [-0.39, 0.29) is 11.7 Å². The Kier molecular flexibility index (Phi) is 8.87. The van der Waals surface area contributed by atoms with Crippen LogP contribution in [-0.4, -0.2) is 44.1 Å². The Morgan fingerprint density at radius 1 is 1.08 bits per heavy atom. The fourth-order valence-electron chi connectivity index (χ4n) is 5.09. The molecule has 0 aromatic heterocycles. The lowest BCUT2D eigenvalue weighted by atomic mass is 9.71. The normalized spacial score (nSPS) is 19.3. The summed E-state index contributed by atoms with van der Waals surface area (Å²) in [5, 5.41) is 3.94. The summed E-state index contributed by atoms with van der Waals surface area (Å²) in [5.41, 5.74) is 4.39. The van der Waals surface area contributed by atoms with E-state index in [0.29, 0.717) is 52.8 Å². The second-order valence-corrected chi connectivity index (χ2v) is 10.8. The molecule has 0 saturated heterocycles. The van der Waals surface area contributed by atoms with Gasteiger partial charge in [0.25, 0.3) is 0 Å². The SMILES string of the molecule is CCSCCOC(=O)C1=C(C)NC2=C(C(=O)C[C@@H](c3ccc(OC)c(OC)c3)C2)[C@H]1c1cccc(Cl)c1. The molecule has 2 aromatic rings. The number of benzene rings is 2. The molecule has 37 heavy (non-hydrogen) atoms. The van der Waals surface area contributed by atoms with E-state index in [1.54, 1.807) is 32.0 Å². The predicted octanol–water partition coefficient (Wildman–Crippen LogP) is 6.02. The average molecular weight is 542 g/mol. The number of hydrogen-bond acceptors (Lipinski definition) is 7. The first kappa shape index (κ1) is 27.1. The Bertz CT molecular complexity index is 1250. The van der Waals surface area contributed by atoms with Crippen LogP contribution in [0.5, 0.6) is 11.5 Å². The van der Waals surface area contributed by atoms with Gasteiger partial charge in [0.15, 0.2) is 17.3 Å². The van der Waals surface area contributed by atoms with Crippen LogP contribution in [0.2, 0.25) is 5.02 Å². The highest BCUT2D eigenvalue weighted by atomic mass is 35.5. The van der Waals surface area contributed by atoms with Crippen molar-refractivity contribution in [3.63, 3.8) is 0 Å². The molecule has 2 aliphatic rings. The summed E-state index contributed by atoms with van der Waals surface area (Å²) in [6.07, 6.45) is 0.946. The zero-order chi connectivity index (χ0) is 26.5. The first-order valence-electron chi connectivity index (χ1n) is 12.3. The highest BCUT2D eigenvalue weighted by Crippen LogP contribution is 2.46. The van der Waals surface area contributed by atoms with E-state index in [1.165, 1.54) is 0 Å². The number of hydrogen-bond donors (Lipinski definition) is 1. The number of Topliss-reactive ketones (excluding diaryl/α,β-unsaturated/α-hetero) is 1. The summed E-state index contributed by atoms with van der Waals surface area (Å²) >= 11 is 8.05. The molecule has 4 rings (SSSR count). The monoisotopic (exact) mass is 541 g/mol. The number of halogens is 1. The Balaban J connectivity index is 1.71. The average Bonchev–Trinajstić information content (AvgIpc) is 2.89. The third kappa shape index (κ3) is 5.83. The zero-order valence-electron chi connectivity index (χ0n) is 21.6. The number of carbonyl (C=O) groups excluding carboxylic acids is 2. The molecule has 0 spiro atoms. The lowest BCUT2D eigenvalue weighted by molar-refractivity contribution is -0.138. The van der Waals surface area contributed by atoms with E-state index < -0.39 is 11.9 Å². The van der Waals surface area contributed by atoms with Crippen LogP contribution in [0.15, 0.2) is 65.0 Å². The van der Waals surface area contributed by atoms with Crippen LogP contribution >= 0.6 is 23.4 Å². The number of esters is 1. The molecule has 1 aliphatic heterocycles. The number of nitrogens with one attached hydrogen (secondary N) is 1. The second-order valence-electron chi connectivity index (χ2n) is 9.02. The molecule has 8 heteroatoms. The molecule has 0 bridgehead atoms. The molecule has 6 nitrogen and oxygen atoms in total.